The number of hydrogen-bond acceptors (Lipinski definition) is 5. The Hall–Kier alpha value is -3.19. The van der Waals surface area contributed by atoms with Crippen LogP contribution in [0.1, 0.15) is 18.9 Å². The molecular weight excluding hydrogens is 458 g/mol. The van der Waals surface area contributed by atoms with E-state index in [1.807, 2.05) is 4.72 Å². The summed E-state index contributed by atoms with van der Waals surface area (Å²) in [5.74, 6) is -1.75. The van der Waals surface area contributed by atoms with E-state index in [0.717, 1.165) is 30.3 Å². The number of sulfonamides is 1. The van der Waals surface area contributed by atoms with Crippen molar-refractivity contribution in [3.63, 3.8) is 0 Å². The molecule has 0 fully saturated rings. The van der Waals surface area contributed by atoms with Crippen LogP contribution in [0.15, 0.2) is 53.4 Å². The zero-order valence-corrected chi connectivity index (χ0v) is 17.4. The maximum atomic E-state index is 12.9. The minimum atomic E-state index is -4.71. The second kappa shape index (κ2) is 10.4. The number of carbonyl (C=O) groups excluding carboxylic acids is 2. The quantitative estimate of drug-likeness (QED) is 0.398. The summed E-state index contributed by atoms with van der Waals surface area (Å²) < 4.78 is 82.6. The zero-order chi connectivity index (χ0) is 23.9. The van der Waals surface area contributed by atoms with Crippen molar-refractivity contribution >= 4 is 21.8 Å². The van der Waals surface area contributed by atoms with Crippen LogP contribution in [0.5, 0.6) is 5.75 Å². The van der Waals surface area contributed by atoms with Crippen LogP contribution in [-0.2, 0) is 25.8 Å². The SMILES string of the molecule is CC(Oc1ccc(F)cc1)C(=O)NNC(=O)CCNS(=O)(=O)c1cccc(C(F)(F)F)c1. The molecule has 0 spiro atoms. The number of alkyl halides is 3. The van der Waals surface area contributed by atoms with Gasteiger partial charge in [0, 0.05) is 13.0 Å². The van der Waals surface area contributed by atoms with Gasteiger partial charge in [0.1, 0.15) is 11.6 Å². The Morgan fingerprint density at radius 2 is 1.72 bits per heavy atom. The number of ether oxygens (including phenoxy) is 1. The number of benzene rings is 2. The highest BCUT2D eigenvalue weighted by molar-refractivity contribution is 7.89. The molecule has 0 aromatic heterocycles. The lowest BCUT2D eigenvalue weighted by molar-refractivity contribution is -0.137. The molecular formula is C19H19F4N3O5S. The minimum absolute atomic E-state index is 0.226. The number of hydrazine groups is 1. The van der Waals surface area contributed by atoms with Gasteiger partial charge in [0.2, 0.25) is 15.9 Å². The van der Waals surface area contributed by atoms with Crippen molar-refractivity contribution in [1.29, 1.82) is 0 Å². The highest BCUT2D eigenvalue weighted by Gasteiger charge is 2.31. The summed E-state index contributed by atoms with van der Waals surface area (Å²) in [4.78, 5) is 23.1. The monoisotopic (exact) mass is 477 g/mol. The first-order valence-electron chi connectivity index (χ1n) is 9.06. The molecule has 0 heterocycles. The number of nitrogens with one attached hydrogen (secondary N) is 3. The molecule has 2 aromatic carbocycles. The second-order valence-electron chi connectivity index (χ2n) is 6.42. The third kappa shape index (κ3) is 7.50. The molecule has 2 rings (SSSR count). The van der Waals surface area contributed by atoms with Gasteiger partial charge in [-0.15, -0.1) is 0 Å². The molecule has 0 saturated carbocycles. The fraction of sp³-hybridized carbons (Fsp3) is 0.263. The first-order chi connectivity index (χ1) is 14.9. The van der Waals surface area contributed by atoms with Crippen LogP contribution >= 0.6 is 0 Å². The van der Waals surface area contributed by atoms with E-state index in [1.54, 1.807) is 0 Å². The van der Waals surface area contributed by atoms with Crippen molar-refractivity contribution in [3.05, 3.63) is 59.9 Å². The van der Waals surface area contributed by atoms with Crippen molar-refractivity contribution in [2.75, 3.05) is 6.54 Å². The van der Waals surface area contributed by atoms with E-state index in [-0.39, 0.29) is 5.75 Å². The van der Waals surface area contributed by atoms with Crippen LogP contribution in [0, 0.1) is 5.82 Å². The number of carbonyl (C=O) groups is 2. The van der Waals surface area contributed by atoms with E-state index >= 15 is 0 Å². The summed E-state index contributed by atoms with van der Waals surface area (Å²) in [5, 5.41) is 0. The third-order valence-electron chi connectivity index (χ3n) is 3.94. The van der Waals surface area contributed by atoms with Gasteiger partial charge in [0.05, 0.1) is 10.5 Å². The van der Waals surface area contributed by atoms with E-state index in [4.69, 9.17) is 4.74 Å². The molecule has 0 saturated heterocycles. The maximum absolute atomic E-state index is 12.9. The van der Waals surface area contributed by atoms with E-state index in [9.17, 15) is 35.6 Å². The van der Waals surface area contributed by atoms with Crippen molar-refractivity contribution < 1.29 is 40.3 Å². The highest BCUT2D eigenvalue weighted by atomic mass is 32.2. The standard InChI is InChI=1S/C19H19F4N3O5S/c1-12(31-15-7-5-14(20)6-8-15)18(28)26-25-17(27)9-10-24-32(29,30)16-4-2-3-13(11-16)19(21,22)23/h2-8,11-12,24H,9-10H2,1H3,(H,25,27)(H,26,28). The first-order valence-corrected chi connectivity index (χ1v) is 10.5. The number of rotatable bonds is 8. The van der Waals surface area contributed by atoms with Gasteiger partial charge < -0.3 is 4.74 Å². The van der Waals surface area contributed by atoms with Crippen LogP contribution < -0.4 is 20.3 Å². The van der Waals surface area contributed by atoms with Crippen LogP contribution in [-0.4, -0.2) is 32.9 Å². The molecule has 0 aliphatic rings. The van der Waals surface area contributed by atoms with Crippen LogP contribution in [0.2, 0.25) is 0 Å². The second-order valence-corrected chi connectivity index (χ2v) is 8.19. The Morgan fingerprint density at radius 3 is 2.34 bits per heavy atom. The topological polar surface area (TPSA) is 114 Å². The molecule has 1 atom stereocenters. The molecule has 0 bridgehead atoms. The van der Waals surface area contributed by atoms with Crippen LogP contribution in [0.3, 0.4) is 0 Å². The Kier molecular flexibility index (Phi) is 8.16. The average molecular weight is 477 g/mol. The molecule has 13 heteroatoms. The molecule has 1 unspecified atom stereocenters. The van der Waals surface area contributed by atoms with Crippen LogP contribution in [0.25, 0.3) is 0 Å². The first kappa shape index (κ1) is 25.1. The molecule has 0 radical (unpaired) electrons. The van der Waals surface area contributed by atoms with Crippen molar-refractivity contribution in [2.45, 2.75) is 30.5 Å². The van der Waals surface area contributed by atoms with Gasteiger partial charge in [-0.2, -0.15) is 13.2 Å². The fourth-order valence-corrected chi connectivity index (χ4v) is 3.37. The van der Waals surface area contributed by atoms with Gasteiger partial charge in [-0.3, -0.25) is 20.4 Å². The molecule has 174 valence electrons. The maximum Gasteiger partial charge on any atom is 0.416 e. The van der Waals surface area contributed by atoms with Crippen molar-refractivity contribution in [3.8, 4) is 5.75 Å². The van der Waals surface area contributed by atoms with E-state index in [0.29, 0.717) is 6.07 Å². The lowest BCUT2D eigenvalue weighted by Crippen LogP contribution is -2.47. The Balaban J connectivity index is 1.79. The molecule has 32 heavy (non-hydrogen) atoms. The van der Waals surface area contributed by atoms with Gasteiger partial charge in [-0.25, -0.2) is 17.5 Å². The van der Waals surface area contributed by atoms with Crippen LogP contribution in [0.4, 0.5) is 17.6 Å². The highest BCUT2D eigenvalue weighted by Crippen LogP contribution is 2.30. The smallest absolute Gasteiger partial charge is 0.416 e. The van der Waals surface area contributed by atoms with Crippen molar-refractivity contribution in [2.24, 2.45) is 0 Å². The summed E-state index contributed by atoms with van der Waals surface area (Å²) in [7, 11) is -4.29. The normalized spacial score (nSPS) is 12.7. The minimum Gasteiger partial charge on any atom is -0.481 e. The average Bonchev–Trinajstić information content (AvgIpc) is 2.73. The zero-order valence-electron chi connectivity index (χ0n) is 16.6. The third-order valence-corrected chi connectivity index (χ3v) is 5.40. The summed E-state index contributed by atoms with van der Waals surface area (Å²) in [5.41, 5.74) is 3.00. The van der Waals surface area contributed by atoms with Gasteiger partial charge in [0.15, 0.2) is 6.10 Å². The summed E-state index contributed by atoms with van der Waals surface area (Å²) in [6, 6.07) is 8.06. The molecule has 8 nitrogen and oxygen atoms in total. The fourth-order valence-electron chi connectivity index (χ4n) is 2.29. The van der Waals surface area contributed by atoms with Gasteiger partial charge in [-0.05, 0) is 49.4 Å². The van der Waals surface area contributed by atoms with Gasteiger partial charge in [-0.1, -0.05) is 6.07 Å². The van der Waals surface area contributed by atoms with E-state index in [2.05, 4.69) is 10.9 Å². The largest absolute Gasteiger partial charge is 0.481 e. The predicted octanol–water partition coefficient (Wildman–Crippen LogP) is 2.13. The number of amides is 2. The molecule has 2 aromatic rings. The summed E-state index contributed by atoms with van der Waals surface area (Å²) in [6.07, 6.45) is -6.16. The Bertz CT molecular complexity index is 1060. The van der Waals surface area contributed by atoms with Gasteiger partial charge in [0.25, 0.3) is 5.91 Å². The molecule has 3 N–H and O–H groups in total. The van der Waals surface area contributed by atoms with E-state index in [1.165, 1.54) is 19.1 Å². The van der Waals surface area contributed by atoms with E-state index < -0.39 is 63.4 Å². The lowest BCUT2D eigenvalue weighted by atomic mass is 10.2. The molecule has 0 aliphatic carbocycles. The van der Waals surface area contributed by atoms with Gasteiger partial charge >= 0.3 is 6.18 Å². The summed E-state index contributed by atoms with van der Waals surface area (Å²) in [6.45, 7) is 0.954. The molecule has 2 amide bonds. The lowest BCUT2D eigenvalue weighted by Gasteiger charge is -2.15. The number of halogens is 4. The number of hydrogen-bond donors (Lipinski definition) is 3. The predicted molar refractivity (Wildman–Crippen MR) is 104 cm³/mol. The summed E-state index contributed by atoms with van der Waals surface area (Å²) >= 11 is 0. The van der Waals surface area contributed by atoms with Crippen molar-refractivity contribution in [1.82, 2.24) is 15.6 Å². The molecule has 0 aliphatic heterocycles. The Labute approximate surface area is 181 Å². The Morgan fingerprint density at radius 1 is 1.06 bits per heavy atom.